The van der Waals surface area contributed by atoms with Crippen molar-refractivity contribution >= 4 is 29.0 Å². The molecule has 2 rings (SSSR count). The number of ketones is 1. The van der Waals surface area contributed by atoms with Gasteiger partial charge in [0.05, 0.1) is 21.7 Å². The number of benzene rings is 1. The van der Waals surface area contributed by atoms with Gasteiger partial charge in [0, 0.05) is 11.8 Å². The first kappa shape index (κ1) is 13.1. The minimum atomic E-state index is -0.302. The van der Waals surface area contributed by atoms with Crippen molar-refractivity contribution in [1.29, 1.82) is 0 Å². The monoisotopic (exact) mass is 279 g/mol. The Bertz CT molecular complexity index is 569. The summed E-state index contributed by atoms with van der Waals surface area (Å²) in [6.07, 6.45) is 1.67. The second-order valence-electron chi connectivity index (χ2n) is 3.97. The van der Waals surface area contributed by atoms with E-state index >= 15 is 0 Å². The van der Waals surface area contributed by atoms with Crippen molar-refractivity contribution in [3.63, 3.8) is 0 Å². The van der Waals surface area contributed by atoms with E-state index in [4.69, 9.17) is 23.2 Å². The SMILES string of the molecule is CC(C(=O)c1ccc(Cl)c(Cl)c1)c1ccccn1. The molecule has 0 aliphatic rings. The number of rotatable bonds is 3. The van der Waals surface area contributed by atoms with E-state index in [0.29, 0.717) is 15.6 Å². The van der Waals surface area contributed by atoms with Crippen LogP contribution in [0.4, 0.5) is 0 Å². The van der Waals surface area contributed by atoms with E-state index in [1.807, 2.05) is 25.1 Å². The number of carbonyl (C=O) groups is 1. The summed E-state index contributed by atoms with van der Waals surface area (Å²) in [7, 11) is 0. The van der Waals surface area contributed by atoms with Gasteiger partial charge in [-0.2, -0.15) is 0 Å². The Labute approximate surface area is 116 Å². The number of hydrogen-bond donors (Lipinski definition) is 0. The highest BCUT2D eigenvalue weighted by Gasteiger charge is 2.18. The van der Waals surface area contributed by atoms with Gasteiger partial charge < -0.3 is 0 Å². The van der Waals surface area contributed by atoms with Crippen molar-refractivity contribution in [2.45, 2.75) is 12.8 Å². The van der Waals surface area contributed by atoms with Gasteiger partial charge in [-0.1, -0.05) is 29.3 Å². The van der Waals surface area contributed by atoms with Crippen molar-refractivity contribution in [3.05, 3.63) is 63.9 Å². The number of aromatic nitrogens is 1. The van der Waals surface area contributed by atoms with E-state index in [2.05, 4.69) is 4.98 Å². The zero-order valence-corrected chi connectivity index (χ0v) is 11.2. The van der Waals surface area contributed by atoms with Crippen LogP contribution in [0.3, 0.4) is 0 Å². The third-order valence-corrected chi connectivity index (χ3v) is 3.47. The predicted molar refractivity (Wildman–Crippen MR) is 73.4 cm³/mol. The summed E-state index contributed by atoms with van der Waals surface area (Å²) in [4.78, 5) is 16.5. The first-order valence-electron chi connectivity index (χ1n) is 5.50. The maximum atomic E-state index is 12.3. The Morgan fingerprint density at radius 3 is 2.56 bits per heavy atom. The molecule has 0 fully saturated rings. The fraction of sp³-hybridized carbons (Fsp3) is 0.143. The molecule has 0 spiro atoms. The number of carbonyl (C=O) groups excluding carboxylic acids is 1. The van der Waals surface area contributed by atoms with Gasteiger partial charge in [-0.3, -0.25) is 9.78 Å². The van der Waals surface area contributed by atoms with E-state index in [1.54, 1.807) is 24.4 Å². The molecule has 1 unspecified atom stereocenters. The molecule has 2 aromatic rings. The largest absolute Gasteiger partial charge is 0.293 e. The predicted octanol–water partition coefficient (Wildman–Crippen LogP) is 4.37. The lowest BCUT2D eigenvalue weighted by molar-refractivity contribution is 0.0964. The summed E-state index contributed by atoms with van der Waals surface area (Å²) in [6.45, 7) is 1.83. The molecule has 0 aliphatic carbocycles. The fourth-order valence-electron chi connectivity index (χ4n) is 1.67. The van der Waals surface area contributed by atoms with Crippen LogP contribution in [0.15, 0.2) is 42.6 Å². The molecule has 0 radical (unpaired) electrons. The molecule has 1 heterocycles. The highest BCUT2D eigenvalue weighted by atomic mass is 35.5. The van der Waals surface area contributed by atoms with Gasteiger partial charge in [0.1, 0.15) is 0 Å². The van der Waals surface area contributed by atoms with Crippen molar-refractivity contribution in [2.24, 2.45) is 0 Å². The van der Waals surface area contributed by atoms with Gasteiger partial charge in [-0.15, -0.1) is 0 Å². The van der Waals surface area contributed by atoms with Gasteiger partial charge in [0.2, 0.25) is 0 Å². The molecule has 1 aromatic heterocycles. The average Bonchev–Trinajstić information content (AvgIpc) is 2.41. The van der Waals surface area contributed by atoms with E-state index < -0.39 is 0 Å². The number of Topliss-reactive ketones (excluding diaryl/α,β-unsaturated/α-hetero) is 1. The lowest BCUT2D eigenvalue weighted by atomic mass is 9.96. The Morgan fingerprint density at radius 1 is 1.17 bits per heavy atom. The highest BCUT2D eigenvalue weighted by Crippen LogP contribution is 2.25. The van der Waals surface area contributed by atoms with Crippen LogP contribution in [0.2, 0.25) is 10.0 Å². The maximum Gasteiger partial charge on any atom is 0.171 e. The van der Waals surface area contributed by atoms with Crippen LogP contribution >= 0.6 is 23.2 Å². The Kier molecular flexibility index (Phi) is 4.00. The first-order valence-corrected chi connectivity index (χ1v) is 6.25. The second-order valence-corrected chi connectivity index (χ2v) is 4.78. The van der Waals surface area contributed by atoms with Crippen LogP contribution in [0.5, 0.6) is 0 Å². The van der Waals surface area contributed by atoms with Crippen molar-refractivity contribution < 1.29 is 4.79 Å². The van der Waals surface area contributed by atoms with Gasteiger partial charge in [-0.25, -0.2) is 0 Å². The average molecular weight is 280 g/mol. The van der Waals surface area contributed by atoms with Gasteiger partial charge in [-0.05, 0) is 37.3 Å². The van der Waals surface area contributed by atoms with Crippen LogP contribution in [0, 0.1) is 0 Å². The molecule has 0 N–H and O–H groups in total. The highest BCUT2D eigenvalue weighted by molar-refractivity contribution is 6.42. The Hall–Kier alpha value is -1.38. The Morgan fingerprint density at radius 2 is 1.94 bits per heavy atom. The summed E-state index contributed by atoms with van der Waals surface area (Å²) in [5.41, 5.74) is 1.29. The summed E-state index contributed by atoms with van der Waals surface area (Å²) in [5.74, 6) is -0.323. The topological polar surface area (TPSA) is 30.0 Å². The van der Waals surface area contributed by atoms with Crippen molar-refractivity contribution in [2.75, 3.05) is 0 Å². The zero-order chi connectivity index (χ0) is 13.1. The minimum absolute atomic E-state index is 0.0210. The molecule has 0 amide bonds. The maximum absolute atomic E-state index is 12.3. The van der Waals surface area contributed by atoms with Gasteiger partial charge in [0.25, 0.3) is 0 Å². The number of pyridine rings is 1. The molecule has 92 valence electrons. The Balaban J connectivity index is 2.29. The minimum Gasteiger partial charge on any atom is -0.293 e. The molecule has 0 bridgehead atoms. The number of hydrogen-bond acceptors (Lipinski definition) is 2. The molecular formula is C14H11Cl2NO. The van der Waals surface area contributed by atoms with E-state index in [-0.39, 0.29) is 11.7 Å². The fourth-order valence-corrected chi connectivity index (χ4v) is 1.96. The second kappa shape index (κ2) is 5.51. The summed E-state index contributed by atoms with van der Waals surface area (Å²) >= 11 is 11.7. The molecule has 4 heteroatoms. The quantitative estimate of drug-likeness (QED) is 0.781. The van der Waals surface area contributed by atoms with E-state index in [9.17, 15) is 4.79 Å². The smallest absolute Gasteiger partial charge is 0.171 e. The van der Waals surface area contributed by atoms with Gasteiger partial charge >= 0.3 is 0 Å². The van der Waals surface area contributed by atoms with Crippen molar-refractivity contribution in [1.82, 2.24) is 4.98 Å². The molecular weight excluding hydrogens is 269 g/mol. The van der Waals surface area contributed by atoms with Crippen LogP contribution in [-0.4, -0.2) is 10.8 Å². The molecule has 0 saturated heterocycles. The number of halogens is 2. The molecule has 0 aliphatic heterocycles. The molecule has 1 atom stereocenters. The number of nitrogens with zero attached hydrogens (tertiary/aromatic N) is 1. The van der Waals surface area contributed by atoms with Crippen LogP contribution < -0.4 is 0 Å². The standard InChI is InChI=1S/C14H11Cl2NO/c1-9(13-4-2-3-7-17-13)14(18)10-5-6-11(15)12(16)8-10/h2-9H,1H3. The summed E-state index contributed by atoms with van der Waals surface area (Å²) < 4.78 is 0. The molecule has 18 heavy (non-hydrogen) atoms. The lowest BCUT2D eigenvalue weighted by Gasteiger charge is -2.10. The molecule has 2 nitrogen and oxygen atoms in total. The van der Waals surface area contributed by atoms with Crippen LogP contribution in [0.1, 0.15) is 28.9 Å². The third kappa shape index (κ3) is 2.71. The van der Waals surface area contributed by atoms with E-state index in [1.165, 1.54) is 0 Å². The summed E-state index contributed by atoms with van der Waals surface area (Å²) in [5, 5.41) is 0.828. The normalized spacial score (nSPS) is 12.2. The van der Waals surface area contributed by atoms with E-state index in [0.717, 1.165) is 5.69 Å². The van der Waals surface area contributed by atoms with Crippen LogP contribution in [-0.2, 0) is 0 Å². The zero-order valence-electron chi connectivity index (χ0n) is 9.73. The molecule has 0 saturated carbocycles. The lowest BCUT2D eigenvalue weighted by Crippen LogP contribution is -2.10. The summed E-state index contributed by atoms with van der Waals surface area (Å²) in [6, 6.07) is 10.4. The first-order chi connectivity index (χ1) is 8.59. The molecule has 1 aromatic carbocycles. The van der Waals surface area contributed by atoms with Crippen molar-refractivity contribution in [3.8, 4) is 0 Å². The van der Waals surface area contributed by atoms with Gasteiger partial charge in [0.15, 0.2) is 5.78 Å². The van der Waals surface area contributed by atoms with Crippen LogP contribution in [0.25, 0.3) is 0 Å². The third-order valence-electron chi connectivity index (χ3n) is 2.73.